The van der Waals surface area contributed by atoms with Crippen LogP contribution >= 0.6 is 0 Å². The number of hydrogen-bond donors (Lipinski definition) is 14. The first-order valence-electron chi connectivity index (χ1n) is 36.8. The second kappa shape index (κ2) is 35.1. The predicted octanol–water partition coefficient (Wildman–Crippen LogP) is 1.84. The van der Waals surface area contributed by atoms with Crippen molar-refractivity contribution in [3.63, 3.8) is 0 Å². The Balaban J connectivity index is 0.000000143. The van der Waals surface area contributed by atoms with E-state index in [9.17, 15) is 102 Å². The van der Waals surface area contributed by atoms with Crippen molar-refractivity contribution >= 4 is 68.1 Å². The minimum atomic E-state index is -3.88. The van der Waals surface area contributed by atoms with E-state index < -0.39 is 186 Å². The minimum absolute atomic E-state index is 0.0416. The van der Waals surface area contributed by atoms with E-state index in [1.165, 1.54) is 48.5 Å². The Morgan fingerprint density at radius 2 is 0.744 bits per heavy atom. The van der Waals surface area contributed by atoms with Crippen molar-refractivity contribution in [3.8, 4) is 28.7 Å². The zero-order valence-corrected chi connectivity index (χ0v) is 65.2. The molecule has 50 heteroatoms. The van der Waals surface area contributed by atoms with Crippen LogP contribution in [0.25, 0.3) is 0 Å². The molecule has 4 fully saturated rings. The minimum Gasteiger partial charge on any atom is -0.486 e. The van der Waals surface area contributed by atoms with Gasteiger partial charge >= 0.3 is 46.4 Å². The van der Waals surface area contributed by atoms with Gasteiger partial charge in [-0.05, 0) is 111 Å². The lowest BCUT2D eigenvalue weighted by Gasteiger charge is -2.35. The maximum Gasteiger partial charge on any atom is 0.351 e. The third-order valence-corrected chi connectivity index (χ3v) is 21.6. The predicted molar refractivity (Wildman–Crippen MR) is 409 cm³/mol. The van der Waals surface area contributed by atoms with Crippen LogP contribution in [-0.2, 0) is 28.8 Å². The summed E-state index contributed by atoms with van der Waals surface area (Å²) >= 11 is 0. The van der Waals surface area contributed by atoms with Gasteiger partial charge in [0.05, 0.1) is 54.1 Å². The van der Waals surface area contributed by atoms with Gasteiger partial charge in [0, 0.05) is 52.7 Å². The zero-order valence-electron chi connectivity index (χ0n) is 64.4. The monoisotopic (exact) mass is 1780 g/mol. The van der Waals surface area contributed by atoms with Crippen LogP contribution in [0.2, 0.25) is 0 Å². The molecule has 0 spiro atoms. The Morgan fingerprint density at radius 1 is 0.440 bits per heavy atom. The lowest BCUT2D eigenvalue weighted by molar-refractivity contribution is -0.141. The first-order valence-corrected chi connectivity index (χ1v) is 38.5. The molecule has 0 saturated carbocycles. The molecule has 0 bridgehead atoms. The van der Waals surface area contributed by atoms with Crippen LogP contribution in [0.5, 0.6) is 28.7 Å². The maximum atomic E-state index is 14.3. The summed E-state index contributed by atoms with van der Waals surface area (Å²) < 4.78 is 187. The summed E-state index contributed by atoms with van der Waals surface area (Å²) in [4.78, 5) is 113. The van der Waals surface area contributed by atoms with Crippen molar-refractivity contribution in [1.82, 2.24) is 38.2 Å². The molecule has 8 aromatic rings. The van der Waals surface area contributed by atoms with Gasteiger partial charge in [0.1, 0.15) is 72.3 Å². The number of aliphatic hydroxyl groups is 8. The zero-order chi connectivity index (χ0) is 90.5. The molecule has 125 heavy (non-hydrogen) atoms. The molecule has 41 nitrogen and oxygen atoms in total. The summed E-state index contributed by atoms with van der Waals surface area (Å²) in [7, 11) is -3.70. The highest BCUT2D eigenvalue weighted by Gasteiger charge is 2.63. The first-order chi connectivity index (χ1) is 59.0. The van der Waals surface area contributed by atoms with Gasteiger partial charge in [-0.25, -0.2) is 27.6 Å². The van der Waals surface area contributed by atoms with Crippen molar-refractivity contribution in [3.05, 3.63) is 211 Å². The van der Waals surface area contributed by atoms with Gasteiger partial charge in [0.15, 0.2) is 57.3 Å². The molecule has 8 aliphatic heterocycles. The number of aromatic nitrogens is 8. The van der Waals surface area contributed by atoms with Gasteiger partial charge in [-0.1, -0.05) is 13.2 Å². The number of carbonyl (C=O) groups is 4. The number of nitrogens with one attached hydrogen (secondary N) is 6. The van der Waals surface area contributed by atoms with Crippen LogP contribution in [0, 0.1) is 0 Å². The van der Waals surface area contributed by atoms with E-state index in [4.69, 9.17) is 63.1 Å². The van der Waals surface area contributed by atoms with Gasteiger partial charge in [-0.3, -0.25) is 37.4 Å². The summed E-state index contributed by atoms with van der Waals surface area (Å²) in [6, 6.07) is 22.0. The van der Waals surface area contributed by atoms with Crippen LogP contribution in [-0.4, -0.2) is 241 Å². The highest BCUT2D eigenvalue weighted by atomic mass is 32.2. The van der Waals surface area contributed by atoms with Crippen LogP contribution in [0.1, 0.15) is 80.2 Å². The Morgan fingerprint density at radius 3 is 1.09 bits per heavy atom. The topological polar surface area (TPSA) is 559 Å². The third kappa shape index (κ3) is 18.2. The van der Waals surface area contributed by atoms with E-state index in [0.717, 1.165) is 55.1 Å². The molecule has 4 amide bonds. The number of nitrogens with zero attached hydrogens (tertiary/aromatic N) is 8. The second-order valence-corrected chi connectivity index (χ2v) is 30.7. The molecule has 16 rings (SSSR count). The van der Waals surface area contributed by atoms with E-state index in [-0.39, 0.29) is 68.7 Å². The van der Waals surface area contributed by atoms with Crippen molar-refractivity contribution in [1.29, 1.82) is 0 Å². The number of fused-ring (bicyclic) bond motifs is 4. The molecule has 12 heterocycles. The molecule has 4 aromatic heterocycles. The standard InChI is InChI=1S/C21H22F2N4O6.C19H18F2N4O7S.C18H17F2N3O7.C17H15F2N3O7/c1-10-20(2,3)33-13-8-11(4-5-12(13)24-10)17(30)25-15-6-7-27(19(31)26-15)18-21(22,23)16(29)14(9-28)32-18;1-9-8-33(30,31)13-6-10(2-3-11(13)22-9)16(28)23-14-4-5-25(18(29)24-14)17-19(20,21)15(27)12(7-26)32-17;19-18(20)14(25)12(8-24)30-16(18)23-4-3-13(22-17(23)27)21-15(26)9-1-2-10-11(7-9)29-6-5-28-10;18-17(19)13(24)11(6-23)29-15(17)22-4-3-12(21-16(22)26)20-14(25)8-1-2-9-10(5-8)28-7-27-9/h4-8,14,16,18,24,28-29H,1,9H2,2-3H3,(H,25,26,30,31);2-6,12,15,17,22,26-27H,1,7-8H2,(H,23,24,28,29);1-4,7,12,14,16,24-25H,5-6,8H2,(H,21,22,26,27);1-5,11,13,15,23-24H,6-7H2,(H,20,21,25,26)/t14-,16-,18?;12-,15-,17?;12-,14-,16?;11-,13-,15?/m1111/s1. The van der Waals surface area contributed by atoms with Crippen LogP contribution in [0.15, 0.2) is 170 Å². The normalized spacial score (nSPS) is 24.8. The van der Waals surface area contributed by atoms with Gasteiger partial charge in [-0.2, -0.15) is 55.1 Å². The molecule has 0 aliphatic carbocycles. The van der Waals surface area contributed by atoms with Crippen molar-refractivity contribution in [2.75, 3.05) is 84.1 Å². The number of rotatable bonds is 16. The molecule has 4 aromatic carbocycles. The maximum absolute atomic E-state index is 14.3. The van der Waals surface area contributed by atoms with E-state index in [1.807, 2.05) is 13.8 Å². The Kier molecular flexibility index (Phi) is 25.3. The average Bonchev–Trinajstić information content (AvgIpc) is 1.73. The number of anilines is 6. The number of hydrogen-bond acceptors (Lipinski definition) is 33. The number of sulfone groups is 1. The fourth-order valence-electron chi connectivity index (χ4n) is 13.2. The van der Waals surface area contributed by atoms with E-state index >= 15 is 0 Å². The fourth-order valence-corrected chi connectivity index (χ4v) is 14.6. The van der Waals surface area contributed by atoms with Gasteiger partial charge in [0.25, 0.3) is 23.6 Å². The lowest BCUT2D eigenvalue weighted by Crippen LogP contribution is -2.41. The van der Waals surface area contributed by atoms with Crippen LogP contribution < -0.4 is 78.3 Å². The highest BCUT2D eigenvalue weighted by molar-refractivity contribution is 7.91. The molecule has 4 unspecified atom stereocenters. The summed E-state index contributed by atoms with van der Waals surface area (Å²) in [6.07, 6.45) is -20.3. The molecular weight excluding hydrogens is 1710 g/mol. The number of benzene rings is 4. The second-order valence-electron chi connectivity index (χ2n) is 28.7. The molecule has 8 aliphatic rings. The summed E-state index contributed by atoms with van der Waals surface area (Å²) in [5, 5.41) is 90.0. The summed E-state index contributed by atoms with van der Waals surface area (Å²) in [5.74, 6) is -16.9. The molecule has 666 valence electrons. The number of aliphatic hydroxyl groups excluding tert-OH is 8. The number of alkyl halides is 8. The van der Waals surface area contributed by atoms with Gasteiger partial charge in [-0.15, -0.1) is 0 Å². The molecular formula is C75H72F8N14O27S. The fraction of sp³-hybridized carbons (Fsp3) is 0.360. The van der Waals surface area contributed by atoms with Gasteiger partial charge < -0.3 is 115 Å². The molecule has 14 N–H and O–H groups in total. The average molecular weight is 1790 g/mol. The van der Waals surface area contributed by atoms with Crippen LogP contribution in [0.3, 0.4) is 0 Å². The Labute approximate surface area is 695 Å². The van der Waals surface area contributed by atoms with E-state index in [1.54, 1.807) is 18.2 Å². The van der Waals surface area contributed by atoms with Crippen LogP contribution in [0.4, 0.5) is 69.8 Å². The van der Waals surface area contributed by atoms with E-state index in [0.29, 0.717) is 77.3 Å². The van der Waals surface area contributed by atoms with Crippen molar-refractivity contribution < 1.29 is 146 Å². The Bertz CT molecular complexity index is 5950. The highest BCUT2D eigenvalue weighted by Crippen LogP contribution is 2.47. The first kappa shape index (κ1) is 90.0. The number of halogens is 8. The van der Waals surface area contributed by atoms with Gasteiger partial charge in [0.2, 0.25) is 31.7 Å². The van der Waals surface area contributed by atoms with E-state index in [2.05, 4.69) is 65.0 Å². The summed E-state index contributed by atoms with van der Waals surface area (Å²) in [5.41, 5.74) is -2.87. The number of amides is 4. The third-order valence-electron chi connectivity index (χ3n) is 19.8. The number of carbonyl (C=O) groups excluding carboxylic acids is 4. The molecule has 0 radical (unpaired) electrons. The van der Waals surface area contributed by atoms with Crippen molar-refractivity contribution in [2.45, 2.75) is 122 Å². The van der Waals surface area contributed by atoms with Crippen molar-refractivity contribution in [2.24, 2.45) is 0 Å². The quantitative estimate of drug-likeness (QED) is 0.0614. The largest absolute Gasteiger partial charge is 0.486 e. The number of ether oxygens (including phenoxy) is 9. The molecule has 12 atom stereocenters. The summed E-state index contributed by atoms with van der Waals surface area (Å²) in [6.45, 7) is 8.49. The Hall–Kier alpha value is -12.7. The lowest BCUT2D eigenvalue weighted by atomic mass is 10.0. The smallest absolute Gasteiger partial charge is 0.351 e. The molecule has 4 saturated heterocycles. The SMILES string of the molecule is C=C1CS(=O)(=O)c2cc(C(=O)Nc3ccn(C4O[C@H](CO)[C@@H](O)C4(F)F)c(=O)n3)ccc2N1.C=C1Nc2ccc(C(=O)Nc3ccn(C4O[C@H](CO)[C@@H](O)C4(F)F)c(=O)n3)cc2OC1(C)C.O=C(Nc1ccn(C2O[C@H](CO)[C@@H](O)C2(F)F)c(=O)n1)c1ccc2c(c1)OCCO2.O=C(Nc1ccn(C2O[C@H](CO)[C@@H](O)C2(F)F)c(=O)n1)c1ccc2c(c1)OCO2.